The van der Waals surface area contributed by atoms with E-state index >= 15 is 0 Å². The number of rotatable bonds is 3. The lowest BCUT2D eigenvalue weighted by atomic mass is 10.1. The lowest BCUT2D eigenvalue weighted by Crippen LogP contribution is -2.47. The number of halogens is 1. The van der Waals surface area contributed by atoms with Crippen LogP contribution in [0.3, 0.4) is 0 Å². The molecule has 0 atom stereocenters. The molecule has 8 heteroatoms. The Morgan fingerprint density at radius 3 is 2.00 bits per heavy atom. The third-order valence-corrected chi connectivity index (χ3v) is 6.33. The highest BCUT2D eigenvalue weighted by Gasteiger charge is 2.25. The van der Waals surface area contributed by atoms with Gasteiger partial charge in [0.2, 0.25) is 0 Å². The number of aryl methyl sites for hydroxylation is 2. The second kappa shape index (κ2) is 8.03. The van der Waals surface area contributed by atoms with Crippen molar-refractivity contribution < 1.29 is 0 Å². The molecule has 29 heavy (non-hydrogen) atoms. The van der Waals surface area contributed by atoms with E-state index in [2.05, 4.69) is 41.8 Å². The Kier molecular flexibility index (Phi) is 5.46. The van der Waals surface area contributed by atoms with Gasteiger partial charge in [0, 0.05) is 45.3 Å². The molecule has 2 aliphatic heterocycles. The highest BCUT2D eigenvalue weighted by molar-refractivity contribution is 6.32. The van der Waals surface area contributed by atoms with E-state index < -0.39 is 0 Å². The Hall–Kier alpha value is -2.59. The van der Waals surface area contributed by atoms with E-state index in [1.807, 2.05) is 20.8 Å². The summed E-state index contributed by atoms with van der Waals surface area (Å²) in [4.78, 5) is 20.8. The normalized spacial score (nSPS) is 17.0. The highest BCUT2D eigenvalue weighted by atomic mass is 35.5. The van der Waals surface area contributed by atoms with Crippen LogP contribution in [0.2, 0.25) is 5.02 Å². The number of nitrogens with zero attached hydrogens (tertiary/aromatic N) is 7. The van der Waals surface area contributed by atoms with Crippen molar-refractivity contribution in [3.05, 3.63) is 33.7 Å². The molecule has 2 saturated heterocycles. The van der Waals surface area contributed by atoms with Gasteiger partial charge >= 0.3 is 0 Å². The molecular formula is C21H26ClN7. The molecule has 0 aromatic carbocycles. The van der Waals surface area contributed by atoms with Crippen molar-refractivity contribution in [2.24, 2.45) is 0 Å². The second-order valence-electron chi connectivity index (χ2n) is 7.75. The number of aromatic nitrogens is 3. The number of pyridine rings is 1. The first-order valence-electron chi connectivity index (χ1n) is 10.1. The molecule has 2 aliphatic rings. The first-order chi connectivity index (χ1) is 14.0. The minimum atomic E-state index is 0.572. The van der Waals surface area contributed by atoms with Gasteiger partial charge in [0.15, 0.2) is 0 Å². The largest absolute Gasteiger partial charge is 0.356 e. The average Bonchev–Trinajstić information content (AvgIpc) is 3.26. The fourth-order valence-electron chi connectivity index (χ4n) is 4.13. The van der Waals surface area contributed by atoms with E-state index in [-0.39, 0.29) is 0 Å². The first-order valence-corrected chi connectivity index (χ1v) is 10.5. The summed E-state index contributed by atoms with van der Waals surface area (Å²) in [6.45, 7) is 11.1. The molecule has 7 nitrogen and oxygen atoms in total. The topological polar surface area (TPSA) is 72.2 Å². The van der Waals surface area contributed by atoms with Gasteiger partial charge in [-0.05, 0) is 39.2 Å². The molecule has 0 N–H and O–H groups in total. The van der Waals surface area contributed by atoms with Crippen molar-refractivity contribution in [3.63, 3.8) is 0 Å². The second-order valence-corrected chi connectivity index (χ2v) is 8.12. The van der Waals surface area contributed by atoms with E-state index in [0.717, 1.165) is 73.8 Å². The zero-order valence-electron chi connectivity index (χ0n) is 17.2. The van der Waals surface area contributed by atoms with Crippen LogP contribution >= 0.6 is 11.6 Å². The van der Waals surface area contributed by atoms with Crippen LogP contribution in [0.4, 0.5) is 17.5 Å². The summed E-state index contributed by atoms with van der Waals surface area (Å²) in [5.41, 5.74) is 2.14. The van der Waals surface area contributed by atoms with Gasteiger partial charge < -0.3 is 14.7 Å². The van der Waals surface area contributed by atoms with Crippen LogP contribution < -0.4 is 14.7 Å². The molecule has 4 heterocycles. The Morgan fingerprint density at radius 2 is 1.41 bits per heavy atom. The van der Waals surface area contributed by atoms with E-state index in [1.165, 1.54) is 12.8 Å². The van der Waals surface area contributed by atoms with Gasteiger partial charge in [-0.2, -0.15) is 5.26 Å². The summed E-state index contributed by atoms with van der Waals surface area (Å²) in [5.74, 6) is 3.56. The van der Waals surface area contributed by atoms with Gasteiger partial charge in [0.05, 0.1) is 16.3 Å². The van der Waals surface area contributed by atoms with Crippen LogP contribution in [-0.2, 0) is 0 Å². The molecule has 152 valence electrons. The van der Waals surface area contributed by atoms with Gasteiger partial charge in [-0.15, -0.1) is 0 Å². The fourth-order valence-corrected chi connectivity index (χ4v) is 4.27. The highest BCUT2D eigenvalue weighted by Crippen LogP contribution is 2.30. The molecule has 0 amide bonds. The standard InChI is InChI=1S/C21H26ClN7/c1-14-17(13-23)21(24-15(2)20(14)22)29-10-8-28(9-11-29)19-12-18(25-16(3)26-19)27-6-4-5-7-27/h12H,4-11H2,1-3H3. The lowest BCUT2D eigenvalue weighted by Gasteiger charge is -2.37. The third-order valence-electron chi connectivity index (χ3n) is 5.78. The van der Waals surface area contributed by atoms with Gasteiger partial charge in [-0.25, -0.2) is 15.0 Å². The van der Waals surface area contributed by atoms with Gasteiger partial charge in [-0.1, -0.05) is 11.6 Å². The zero-order chi connectivity index (χ0) is 20.5. The number of hydrogen-bond donors (Lipinski definition) is 0. The maximum absolute atomic E-state index is 9.63. The lowest BCUT2D eigenvalue weighted by molar-refractivity contribution is 0.638. The molecule has 0 unspecified atom stereocenters. The maximum Gasteiger partial charge on any atom is 0.147 e. The monoisotopic (exact) mass is 411 g/mol. The molecule has 0 bridgehead atoms. The number of nitriles is 1. The smallest absolute Gasteiger partial charge is 0.147 e. The van der Waals surface area contributed by atoms with Crippen molar-refractivity contribution in [2.45, 2.75) is 33.6 Å². The predicted octanol–water partition coefficient (Wildman–Crippen LogP) is 3.25. The Bertz CT molecular complexity index is 954. The summed E-state index contributed by atoms with van der Waals surface area (Å²) >= 11 is 6.30. The van der Waals surface area contributed by atoms with Crippen LogP contribution in [0.1, 0.15) is 35.5 Å². The molecule has 2 aromatic heterocycles. The molecule has 2 fully saturated rings. The van der Waals surface area contributed by atoms with E-state index in [0.29, 0.717) is 10.6 Å². The van der Waals surface area contributed by atoms with E-state index in [1.54, 1.807) is 0 Å². The van der Waals surface area contributed by atoms with Crippen LogP contribution in [0.5, 0.6) is 0 Å². The van der Waals surface area contributed by atoms with Crippen LogP contribution in [0.15, 0.2) is 6.07 Å². The van der Waals surface area contributed by atoms with Crippen molar-refractivity contribution in [1.82, 2.24) is 15.0 Å². The van der Waals surface area contributed by atoms with Gasteiger partial charge in [0.1, 0.15) is 29.3 Å². The fraction of sp³-hybridized carbons (Fsp3) is 0.524. The van der Waals surface area contributed by atoms with Crippen molar-refractivity contribution >= 4 is 29.1 Å². The molecule has 0 aliphatic carbocycles. The van der Waals surface area contributed by atoms with Crippen molar-refractivity contribution in [2.75, 3.05) is 54.0 Å². The summed E-state index contributed by atoms with van der Waals surface area (Å²) in [5, 5.41) is 10.2. The molecular weight excluding hydrogens is 386 g/mol. The minimum absolute atomic E-state index is 0.572. The van der Waals surface area contributed by atoms with Crippen LogP contribution in [0.25, 0.3) is 0 Å². The van der Waals surface area contributed by atoms with Crippen molar-refractivity contribution in [1.29, 1.82) is 5.26 Å². The summed E-state index contributed by atoms with van der Waals surface area (Å²) in [6, 6.07) is 4.40. The van der Waals surface area contributed by atoms with Crippen LogP contribution in [0, 0.1) is 32.1 Å². The van der Waals surface area contributed by atoms with E-state index in [4.69, 9.17) is 11.6 Å². The van der Waals surface area contributed by atoms with Crippen LogP contribution in [-0.4, -0.2) is 54.2 Å². The predicted molar refractivity (Wildman–Crippen MR) is 116 cm³/mol. The number of hydrogen-bond acceptors (Lipinski definition) is 7. The zero-order valence-corrected chi connectivity index (χ0v) is 18.0. The van der Waals surface area contributed by atoms with E-state index in [9.17, 15) is 5.26 Å². The Labute approximate surface area is 176 Å². The first kappa shape index (κ1) is 19.7. The molecule has 0 spiro atoms. The molecule has 4 rings (SSSR count). The number of anilines is 3. The Morgan fingerprint density at radius 1 is 0.862 bits per heavy atom. The summed E-state index contributed by atoms with van der Waals surface area (Å²) in [7, 11) is 0. The maximum atomic E-state index is 9.63. The quantitative estimate of drug-likeness (QED) is 0.767. The number of piperazine rings is 1. The van der Waals surface area contributed by atoms with Gasteiger partial charge in [0.25, 0.3) is 0 Å². The van der Waals surface area contributed by atoms with Crippen molar-refractivity contribution in [3.8, 4) is 6.07 Å². The molecule has 0 radical (unpaired) electrons. The Balaban J connectivity index is 1.53. The SMILES string of the molecule is Cc1nc(N2CCCC2)cc(N2CCN(c3nc(C)c(Cl)c(C)c3C#N)CC2)n1. The summed E-state index contributed by atoms with van der Waals surface area (Å²) in [6.07, 6.45) is 2.45. The third kappa shape index (κ3) is 3.82. The molecule has 2 aromatic rings. The minimum Gasteiger partial charge on any atom is -0.356 e. The van der Waals surface area contributed by atoms with Gasteiger partial charge in [-0.3, -0.25) is 0 Å². The summed E-state index contributed by atoms with van der Waals surface area (Å²) < 4.78 is 0. The average molecular weight is 412 g/mol. The molecule has 0 saturated carbocycles.